The Balaban J connectivity index is 1.45. The maximum atomic E-state index is 13.8. The fraction of sp³-hybridized carbons (Fsp3) is 0.250. The molecule has 4 heterocycles. The average Bonchev–Trinajstić information content (AvgIpc) is 2.92. The van der Waals surface area contributed by atoms with Crippen LogP contribution in [-0.4, -0.2) is 48.8 Å². The summed E-state index contributed by atoms with van der Waals surface area (Å²) in [5.41, 5.74) is 5.21. The summed E-state index contributed by atoms with van der Waals surface area (Å²) in [6.07, 6.45) is 4.06. The predicted molar refractivity (Wildman–Crippen MR) is 145 cm³/mol. The van der Waals surface area contributed by atoms with E-state index in [2.05, 4.69) is 10.2 Å². The summed E-state index contributed by atoms with van der Waals surface area (Å²) in [4.78, 5) is 25.4. The van der Waals surface area contributed by atoms with Crippen molar-refractivity contribution in [2.45, 2.75) is 12.5 Å². The van der Waals surface area contributed by atoms with Gasteiger partial charge in [-0.05, 0) is 35.9 Å². The lowest BCUT2D eigenvalue weighted by Crippen LogP contribution is -2.39. The van der Waals surface area contributed by atoms with Crippen LogP contribution in [0.2, 0.25) is 10.0 Å². The lowest BCUT2D eigenvalue weighted by molar-refractivity contribution is 0.0923. The van der Waals surface area contributed by atoms with Crippen molar-refractivity contribution in [3.05, 3.63) is 82.1 Å². The zero-order valence-electron chi connectivity index (χ0n) is 19.9. The van der Waals surface area contributed by atoms with Gasteiger partial charge in [-0.1, -0.05) is 41.4 Å². The zero-order chi connectivity index (χ0) is 25.4. The quantitative estimate of drug-likeness (QED) is 0.362. The Labute approximate surface area is 224 Å². The Bertz CT molecular complexity index is 1470. The van der Waals surface area contributed by atoms with Gasteiger partial charge in [0.1, 0.15) is 11.3 Å². The molecule has 2 aliphatic rings. The van der Waals surface area contributed by atoms with Crippen molar-refractivity contribution in [1.82, 2.24) is 15.3 Å². The van der Waals surface area contributed by atoms with E-state index in [9.17, 15) is 4.79 Å². The van der Waals surface area contributed by atoms with Crippen LogP contribution in [0.25, 0.3) is 22.2 Å². The molecule has 1 atom stereocenters. The number of hydrogen-bond acceptors (Lipinski definition) is 6. The highest BCUT2D eigenvalue weighted by atomic mass is 35.5. The first-order valence-electron chi connectivity index (χ1n) is 12.2. The number of nitrogens with one attached hydrogen (secondary N) is 1. The number of nitrogens with zero attached hydrogens (tertiary/aromatic N) is 3. The summed E-state index contributed by atoms with van der Waals surface area (Å²) in [5, 5.41) is 4.29. The molecule has 0 saturated carbocycles. The third kappa shape index (κ3) is 4.70. The number of morpholine rings is 1. The largest absolute Gasteiger partial charge is 0.493 e. The molecule has 2 aliphatic heterocycles. The van der Waals surface area contributed by atoms with Gasteiger partial charge in [-0.2, -0.15) is 0 Å². The van der Waals surface area contributed by atoms with E-state index in [0.717, 1.165) is 28.1 Å². The van der Waals surface area contributed by atoms with Gasteiger partial charge >= 0.3 is 0 Å². The number of fused-ring (bicyclic) bond motifs is 2. The fourth-order valence-electron chi connectivity index (χ4n) is 5.02. The van der Waals surface area contributed by atoms with Crippen molar-refractivity contribution in [2.24, 2.45) is 0 Å². The number of ether oxygens (including phenoxy) is 2. The zero-order valence-corrected chi connectivity index (χ0v) is 21.4. The van der Waals surface area contributed by atoms with Gasteiger partial charge in [0.2, 0.25) is 0 Å². The van der Waals surface area contributed by atoms with Crippen molar-refractivity contribution in [3.63, 3.8) is 0 Å². The molecule has 188 valence electrons. The smallest absolute Gasteiger partial charge is 0.255 e. The van der Waals surface area contributed by atoms with Crippen molar-refractivity contribution < 1.29 is 14.3 Å². The predicted octanol–water partition coefficient (Wildman–Crippen LogP) is 5.69. The SMILES string of the molecule is O=C(N[C@H]1CCOc2ccccc21)c1cnc2c(-c3cc(Cl)cc(Cl)c3)ccnc2c1N1CCOCC1. The van der Waals surface area contributed by atoms with Gasteiger partial charge < -0.3 is 19.7 Å². The van der Waals surface area contributed by atoms with E-state index in [4.69, 9.17) is 42.6 Å². The molecule has 0 unspecified atom stereocenters. The highest BCUT2D eigenvalue weighted by Gasteiger charge is 2.28. The first kappa shape index (κ1) is 24.0. The van der Waals surface area contributed by atoms with E-state index in [-0.39, 0.29) is 11.9 Å². The van der Waals surface area contributed by atoms with Crippen molar-refractivity contribution in [2.75, 3.05) is 37.8 Å². The number of hydrogen-bond donors (Lipinski definition) is 1. The summed E-state index contributed by atoms with van der Waals surface area (Å²) >= 11 is 12.6. The Morgan fingerprint density at radius 3 is 2.57 bits per heavy atom. The number of pyridine rings is 2. The van der Waals surface area contributed by atoms with Crippen LogP contribution in [0.1, 0.15) is 28.4 Å². The molecule has 0 bridgehead atoms. The number of rotatable bonds is 4. The Hall–Kier alpha value is -3.39. The fourth-order valence-corrected chi connectivity index (χ4v) is 5.55. The molecule has 9 heteroatoms. The molecule has 6 rings (SSSR count). The van der Waals surface area contributed by atoms with Crippen molar-refractivity contribution in [1.29, 1.82) is 0 Å². The number of carbonyl (C=O) groups is 1. The van der Waals surface area contributed by atoms with Crippen LogP contribution >= 0.6 is 23.2 Å². The van der Waals surface area contributed by atoms with Gasteiger partial charge in [-0.3, -0.25) is 14.8 Å². The summed E-state index contributed by atoms with van der Waals surface area (Å²) in [5.74, 6) is 0.603. The molecule has 1 saturated heterocycles. The highest BCUT2D eigenvalue weighted by molar-refractivity contribution is 6.35. The van der Waals surface area contributed by atoms with Crippen LogP contribution in [-0.2, 0) is 4.74 Å². The molecule has 0 aliphatic carbocycles. The molecule has 4 aromatic rings. The van der Waals surface area contributed by atoms with Gasteiger partial charge in [0.15, 0.2) is 0 Å². The van der Waals surface area contributed by atoms with Crippen LogP contribution in [0.3, 0.4) is 0 Å². The number of halogens is 2. The third-order valence-electron chi connectivity index (χ3n) is 6.74. The molecule has 1 fully saturated rings. The molecule has 1 amide bonds. The first-order chi connectivity index (χ1) is 18.1. The molecular weight excluding hydrogens is 511 g/mol. The van der Waals surface area contributed by atoms with E-state index in [1.165, 1.54) is 0 Å². The average molecular weight is 535 g/mol. The summed E-state index contributed by atoms with van der Waals surface area (Å²) in [6.45, 7) is 2.98. The second-order valence-corrected chi connectivity index (χ2v) is 9.91. The Morgan fingerprint density at radius 2 is 1.76 bits per heavy atom. The first-order valence-corrected chi connectivity index (χ1v) is 12.9. The maximum absolute atomic E-state index is 13.8. The number of para-hydroxylation sites is 1. The summed E-state index contributed by atoms with van der Waals surface area (Å²) in [7, 11) is 0. The van der Waals surface area contributed by atoms with Crippen LogP contribution in [0.4, 0.5) is 5.69 Å². The number of benzene rings is 2. The van der Waals surface area contributed by atoms with E-state index in [0.29, 0.717) is 66.0 Å². The molecule has 2 aromatic carbocycles. The van der Waals surface area contributed by atoms with Gasteiger partial charge in [0.05, 0.1) is 42.6 Å². The number of anilines is 1. The highest BCUT2D eigenvalue weighted by Crippen LogP contribution is 2.37. The lowest BCUT2D eigenvalue weighted by atomic mass is 9.99. The van der Waals surface area contributed by atoms with Gasteiger partial charge in [-0.15, -0.1) is 0 Å². The summed E-state index contributed by atoms with van der Waals surface area (Å²) < 4.78 is 11.4. The van der Waals surface area contributed by atoms with Crippen LogP contribution in [0.5, 0.6) is 5.75 Å². The maximum Gasteiger partial charge on any atom is 0.255 e. The molecule has 7 nitrogen and oxygen atoms in total. The van der Waals surface area contributed by atoms with Crippen molar-refractivity contribution >= 4 is 45.8 Å². The molecule has 0 spiro atoms. The third-order valence-corrected chi connectivity index (χ3v) is 7.17. The van der Waals surface area contributed by atoms with E-state index in [1.54, 1.807) is 18.5 Å². The number of amides is 1. The van der Waals surface area contributed by atoms with Gasteiger partial charge in [-0.25, -0.2) is 0 Å². The second-order valence-electron chi connectivity index (χ2n) is 9.03. The molecule has 1 N–H and O–H groups in total. The van der Waals surface area contributed by atoms with E-state index in [1.807, 2.05) is 42.5 Å². The molecule has 0 radical (unpaired) electrons. The second kappa shape index (κ2) is 10.2. The van der Waals surface area contributed by atoms with Crippen LogP contribution < -0.4 is 15.0 Å². The lowest BCUT2D eigenvalue weighted by Gasteiger charge is -2.32. The van der Waals surface area contributed by atoms with Gasteiger partial charge in [0.25, 0.3) is 5.91 Å². The minimum absolute atomic E-state index is 0.154. The van der Waals surface area contributed by atoms with Crippen LogP contribution in [0, 0.1) is 0 Å². The monoisotopic (exact) mass is 534 g/mol. The molecule has 2 aromatic heterocycles. The Kier molecular flexibility index (Phi) is 6.59. The minimum atomic E-state index is -0.199. The number of aromatic nitrogens is 2. The standard InChI is InChI=1S/C28H24Cl2N4O3/c29-18-13-17(14-19(30)15-18)20-5-7-31-26-25(20)32-16-22(27(26)34-8-11-36-12-9-34)28(35)33-23-6-10-37-24-4-2-1-3-21(23)24/h1-5,7,13-16,23H,6,8-12H2,(H,33,35)/t23-/m0/s1. The minimum Gasteiger partial charge on any atom is -0.493 e. The normalized spacial score (nSPS) is 17.2. The van der Waals surface area contributed by atoms with Crippen LogP contribution in [0.15, 0.2) is 60.9 Å². The topological polar surface area (TPSA) is 76.6 Å². The van der Waals surface area contributed by atoms with Gasteiger partial charge in [0, 0.05) is 53.1 Å². The summed E-state index contributed by atoms with van der Waals surface area (Å²) in [6, 6.07) is 14.9. The van der Waals surface area contributed by atoms with E-state index < -0.39 is 0 Å². The Morgan fingerprint density at radius 1 is 0.973 bits per heavy atom. The number of carbonyl (C=O) groups excluding carboxylic acids is 1. The molecule has 37 heavy (non-hydrogen) atoms. The molecular formula is C28H24Cl2N4O3. The van der Waals surface area contributed by atoms with E-state index >= 15 is 0 Å². The van der Waals surface area contributed by atoms with Crippen molar-refractivity contribution in [3.8, 4) is 16.9 Å².